The van der Waals surface area contributed by atoms with Crippen molar-refractivity contribution in [2.75, 3.05) is 6.61 Å². The maximum atomic E-state index is 11.4. The van der Waals surface area contributed by atoms with Crippen molar-refractivity contribution in [3.8, 4) is 17.0 Å². The Morgan fingerprint density at radius 3 is 2.46 bits per heavy atom. The summed E-state index contributed by atoms with van der Waals surface area (Å²) in [6.07, 6.45) is 0. The van der Waals surface area contributed by atoms with Crippen LogP contribution in [0.15, 0.2) is 54.6 Å². The highest BCUT2D eigenvalue weighted by atomic mass is 16.5. The van der Waals surface area contributed by atoms with E-state index in [1.807, 2.05) is 0 Å². The third-order valence-electron chi connectivity index (χ3n) is 3.47. The van der Waals surface area contributed by atoms with Crippen molar-refractivity contribution in [1.29, 1.82) is 0 Å². The lowest BCUT2D eigenvalue weighted by atomic mass is 10.0. The number of carboxylic acid groups (broad SMARTS) is 1. The Kier molecular flexibility index (Phi) is 4.11. The first-order valence-electron chi connectivity index (χ1n) is 7.17. The molecule has 0 aliphatic heterocycles. The van der Waals surface area contributed by atoms with Gasteiger partial charge in [0.1, 0.15) is 5.75 Å². The van der Waals surface area contributed by atoms with E-state index >= 15 is 0 Å². The van der Waals surface area contributed by atoms with Crippen molar-refractivity contribution >= 4 is 22.8 Å². The van der Waals surface area contributed by atoms with E-state index in [9.17, 15) is 14.7 Å². The Morgan fingerprint density at radius 2 is 1.79 bits per heavy atom. The molecule has 0 saturated carbocycles. The third kappa shape index (κ3) is 3.17. The summed E-state index contributed by atoms with van der Waals surface area (Å²) in [7, 11) is 0. The normalized spacial score (nSPS) is 10.5. The number of ether oxygens (including phenoxy) is 1. The number of amides is 1. The number of aromatic carboxylic acids is 1. The zero-order chi connectivity index (χ0) is 17.1. The summed E-state index contributed by atoms with van der Waals surface area (Å²) in [4.78, 5) is 26.6. The number of nitrogens with zero attached hydrogens (tertiary/aromatic N) is 1. The average Bonchev–Trinajstić information content (AvgIpc) is 2.59. The number of rotatable bonds is 5. The van der Waals surface area contributed by atoms with Crippen LogP contribution in [0.5, 0.6) is 5.75 Å². The quantitative estimate of drug-likeness (QED) is 0.758. The van der Waals surface area contributed by atoms with E-state index in [-0.39, 0.29) is 12.2 Å². The number of carbonyl (C=O) groups excluding carboxylic acids is 2. The molecule has 6 heteroatoms. The second kappa shape index (κ2) is 6.37. The average molecular weight is 321 g/mol. The van der Waals surface area contributed by atoms with Crippen LogP contribution in [0.4, 0.5) is 0 Å². The highest BCUT2D eigenvalue weighted by Crippen LogP contribution is 2.26. The van der Waals surface area contributed by atoms with Gasteiger partial charge in [-0.15, -0.1) is 0 Å². The van der Waals surface area contributed by atoms with Crippen LogP contribution < -0.4 is 15.6 Å². The Morgan fingerprint density at radius 1 is 1.08 bits per heavy atom. The van der Waals surface area contributed by atoms with Gasteiger partial charge >= 0.3 is 0 Å². The van der Waals surface area contributed by atoms with Gasteiger partial charge in [-0.1, -0.05) is 18.2 Å². The largest absolute Gasteiger partial charge is 0.545 e. The summed E-state index contributed by atoms with van der Waals surface area (Å²) < 4.78 is 5.19. The second-order valence-electron chi connectivity index (χ2n) is 5.14. The molecule has 120 valence electrons. The Balaban J connectivity index is 2.00. The Bertz CT molecular complexity index is 920. The highest BCUT2D eigenvalue weighted by Gasteiger charge is 2.08. The second-order valence-corrected chi connectivity index (χ2v) is 5.14. The summed E-state index contributed by atoms with van der Waals surface area (Å²) in [6.45, 7) is -0.206. The number of aromatic nitrogens is 1. The van der Waals surface area contributed by atoms with Crippen LogP contribution >= 0.6 is 0 Å². The predicted octanol–water partition coefficient (Wildman–Crippen LogP) is 1.13. The van der Waals surface area contributed by atoms with Gasteiger partial charge in [0.05, 0.1) is 17.2 Å². The van der Waals surface area contributed by atoms with E-state index in [4.69, 9.17) is 10.5 Å². The molecule has 0 spiro atoms. The molecule has 0 unspecified atom stereocenters. The van der Waals surface area contributed by atoms with Crippen LogP contribution in [-0.4, -0.2) is 23.5 Å². The molecular formula is C18H13N2O4-. The van der Waals surface area contributed by atoms with Gasteiger partial charge in [-0.2, -0.15) is 0 Å². The number of nitrogens with two attached hydrogens (primary N) is 1. The molecule has 24 heavy (non-hydrogen) atoms. The molecule has 3 aromatic rings. The van der Waals surface area contributed by atoms with E-state index in [0.29, 0.717) is 22.3 Å². The number of benzene rings is 2. The molecule has 0 atom stereocenters. The number of carbonyl (C=O) groups is 2. The number of para-hydroxylation sites is 1. The molecular weight excluding hydrogens is 308 g/mol. The minimum Gasteiger partial charge on any atom is -0.545 e. The fourth-order valence-electron chi connectivity index (χ4n) is 2.37. The molecule has 1 aromatic heterocycles. The van der Waals surface area contributed by atoms with Crippen molar-refractivity contribution in [3.63, 3.8) is 0 Å². The van der Waals surface area contributed by atoms with E-state index in [2.05, 4.69) is 4.98 Å². The molecule has 2 N–H and O–H groups in total. The fourth-order valence-corrected chi connectivity index (χ4v) is 2.37. The maximum absolute atomic E-state index is 11.4. The maximum Gasteiger partial charge on any atom is 0.255 e. The van der Waals surface area contributed by atoms with Crippen molar-refractivity contribution in [1.82, 2.24) is 4.98 Å². The van der Waals surface area contributed by atoms with Gasteiger partial charge in [0.2, 0.25) is 0 Å². The number of hydrogen-bond acceptors (Lipinski definition) is 5. The van der Waals surface area contributed by atoms with Crippen LogP contribution in [0.25, 0.3) is 22.2 Å². The SMILES string of the molecule is NC(=O)COc1ccc(-c2cc(C(=O)[O-])c3ccccc3n2)cc1. The van der Waals surface area contributed by atoms with Crippen LogP contribution in [-0.2, 0) is 4.79 Å². The molecule has 1 heterocycles. The molecule has 0 saturated heterocycles. The number of carboxylic acids is 1. The van der Waals surface area contributed by atoms with E-state index < -0.39 is 11.9 Å². The van der Waals surface area contributed by atoms with Crippen LogP contribution in [0.2, 0.25) is 0 Å². The molecule has 6 nitrogen and oxygen atoms in total. The lowest BCUT2D eigenvalue weighted by molar-refractivity contribution is -0.254. The smallest absolute Gasteiger partial charge is 0.255 e. The standard InChI is InChI=1S/C18H14N2O4/c19-17(21)10-24-12-7-5-11(6-8-12)16-9-14(18(22)23)13-3-1-2-4-15(13)20-16/h1-9H,10H2,(H2,19,21)(H,22,23)/p-1. The first kappa shape index (κ1) is 15.5. The molecule has 3 rings (SSSR count). The van der Waals surface area contributed by atoms with Crippen LogP contribution in [0, 0.1) is 0 Å². The predicted molar refractivity (Wildman–Crippen MR) is 86.2 cm³/mol. The van der Waals surface area contributed by atoms with E-state index in [1.165, 1.54) is 6.07 Å². The lowest BCUT2D eigenvalue weighted by Crippen LogP contribution is -2.22. The monoisotopic (exact) mass is 321 g/mol. The molecule has 1 amide bonds. The topological polar surface area (TPSA) is 105 Å². The van der Waals surface area contributed by atoms with E-state index in [1.54, 1.807) is 48.5 Å². The van der Waals surface area contributed by atoms with Crippen LogP contribution in [0.3, 0.4) is 0 Å². The van der Waals surface area contributed by atoms with Crippen LogP contribution in [0.1, 0.15) is 10.4 Å². The zero-order valence-electron chi connectivity index (χ0n) is 12.6. The van der Waals surface area contributed by atoms with Crippen molar-refractivity contribution in [2.24, 2.45) is 5.73 Å². The summed E-state index contributed by atoms with van der Waals surface area (Å²) in [5, 5.41) is 11.9. The zero-order valence-corrected chi connectivity index (χ0v) is 12.6. The van der Waals surface area contributed by atoms with Gasteiger partial charge in [0.15, 0.2) is 6.61 Å². The van der Waals surface area contributed by atoms with Gasteiger partial charge in [-0.25, -0.2) is 4.98 Å². The number of primary amides is 1. The Hall–Kier alpha value is -3.41. The summed E-state index contributed by atoms with van der Waals surface area (Å²) in [6, 6.07) is 15.2. The van der Waals surface area contributed by atoms with Gasteiger partial charge in [-0.3, -0.25) is 4.79 Å². The van der Waals surface area contributed by atoms with E-state index in [0.717, 1.165) is 5.56 Å². The van der Waals surface area contributed by atoms with Crippen molar-refractivity contribution in [3.05, 3.63) is 60.2 Å². The molecule has 0 bridgehead atoms. The minimum absolute atomic E-state index is 0.0876. The summed E-state index contributed by atoms with van der Waals surface area (Å²) >= 11 is 0. The molecule has 0 fully saturated rings. The first-order chi connectivity index (χ1) is 11.5. The van der Waals surface area contributed by atoms with Gasteiger partial charge in [0, 0.05) is 16.5 Å². The lowest BCUT2D eigenvalue weighted by Gasteiger charge is -2.11. The fraction of sp³-hybridized carbons (Fsp3) is 0.0556. The minimum atomic E-state index is -1.25. The highest BCUT2D eigenvalue weighted by molar-refractivity contribution is 6.02. The third-order valence-corrected chi connectivity index (χ3v) is 3.47. The summed E-state index contributed by atoms with van der Waals surface area (Å²) in [5.41, 5.74) is 6.91. The Labute approximate surface area is 137 Å². The molecule has 2 aromatic carbocycles. The van der Waals surface area contributed by atoms with Gasteiger partial charge in [-0.05, 0) is 36.4 Å². The summed E-state index contributed by atoms with van der Waals surface area (Å²) in [5.74, 6) is -1.33. The molecule has 0 radical (unpaired) electrons. The van der Waals surface area contributed by atoms with Crippen molar-refractivity contribution < 1.29 is 19.4 Å². The molecule has 0 aliphatic rings. The van der Waals surface area contributed by atoms with Gasteiger partial charge < -0.3 is 20.4 Å². The van der Waals surface area contributed by atoms with Gasteiger partial charge in [0.25, 0.3) is 5.91 Å². The number of pyridine rings is 1. The van der Waals surface area contributed by atoms with Crippen molar-refractivity contribution in [2.45, 2.75) is 0 Å². The number of fused-ring (bicyclic) bond motifs is 1. The number of hydrogen-bond donors (Lipinski definition) is 1. The first-order valence-corrected chi connectivity index (χ1v) is 7.17. The molecule has 0 aliphatic carbocycles.